The highest BCUT2D eigenvalue weighted by Gasteiger charge is 2.33. The first kappa shape index (κ1) is 20.5. The number of carbonyl (C=O) groups excluding carboxylic acids is 1. The van der Waals surface area contributed by atoms with Crippen molar-refractivity contribution in [2.75, 3.05) is 32.7 Å². The van der Waals surface area contributed by atoms with Crippen molar-refractivity contribution in [1.29, 1.82) is 0 Å². The van der Waals surface area contributed by atoms with E-state index in [1.54, 1.807) is 16.2 Å². The third kappa shape index (κ3) is 4.35. The Morgan fingerprint density at radius 2 is 1.90 bits per heavy atom. The molecule has 1 fully saturated rings. The molecule has 4 rings (SSSR count). The van der Waals surface area contributed by atoms with Crippen molar-refractivity contribution in [1.82, 2.24) is 14.8 Å². The van der Waals surface area contributed by atoms with Crippen molar-refractivity contribution < 1.29 is 18.0 Å². The molecule has 30 heavy (non-hydrogen) atoms. The standard InChI is InChI=1S/C20H19ClF3N5O/c21-17-11-14(1-3-16(17)20(22,23)24)12-19(30)28-9-7-27(8-10-28)18-4-2-15-5-6-25-13-29(15)26-18/h1-5,11,13H,6-10,12H2. The summed E-state index contributed by atoms with van der Waals surface area (Å²) in [6.45, 7) is 2.90. The summed E-state index contributed by atoms with van der Waals surface area (Å²) >= 11 is 5.75. The Kier molecular flexibility index (Phi) is 5.55. The largest absolute Gasteiger partial charge is 0.417 e. The Bertz CT molecular complexity index is 962. The average Bonchev–Trinajstić information content (AvgIpc) is 2.72. The molecule has 1 saturated heterocycles. The van der Waals surface area contributed by atoms with Crippen LogP contribution in [0.5, 0.6) is 0 Å². The minimum absolute atomic E-state index is 0.0110. The predicted octanol–water partition coefficient (Wildman–Crippen LogP) is 3.16. The number of carbonyl (C=O) groups is 1. The molecule has 0 aromatic heterocycles. The van der Waals surface area contributed by atoms with Crippen LogP contribution in [-0.2, 0) is 17.4 Å². The number of hydrogen-bond donors (Lipinski definition) is 0. The second-order valence-corrected chi connectivity index (χ2v) is 7.51. The molecular weight excluding hydrogens is 419 g/mol. The lowest BCUT2D eigenvalue weighted by Gasteiger charge is -2.37. The van der Waals surface area contributed by atoms with Crippen molar-refractivity contribution >= 4 is 29.7 Å². The molecule has 0 aliphatic carbocycles. The fourth-order valence-corrected chi connectivity index (χ4v) is 3.81. The van der Waals surface area contributed by atoms with Gasteiger partial charge in [-0.3, -0.25) is 9.79 Å². The van der Waals surface area contributed by atoms with Gasteiger partial charge in [0.25, 0.3) is 0 Å². The normalized spacial score (nSPS) is 18.9. The Balaban J connectivity index is 1.34. The quantitative estimate of drug-likeness (QED) is 0.714. The molecule has 6 nitrogen and oxygen atoms in total. The number of alkyl halides is 3. The van der Waals surface area contributed by atoms with Crippen molar-refractivity contribution in [3.05, 3.63) is 58.3 Å². The summed E-state index contributed by atoms with van der Waals surface area (Å²) in [4.78, 5) is 20.6. The highest BCUT2D eigenvalue weighted by molar-refractivity contribution is 6.31. The summed E-state index contributed by atoms with van der Waals surface area (Å²) in [5.41, 5.74) is 0.550. The van der Waals surface area contributed by atoms with Crippen LogP contribution in [0, 0.1) is 0 Å². The van der Waals surface area contributed by atoms with Gasteiger partial charge in [-0.1, -0.05) is 17.7 Å². The van der Waals surface area contributed by atoms with Gasteiger partial charge in [-0.25, -0.2) is 5.01 Å². The van der Waals surface area contributed by atoms with Gasteiger partial charge >= 0.3 is 6.18 Å². The Hall–Kier alpha value is -2.81. The molecule has 158 valence electrons. The van der Waals surface area contributed by atoms with Crippen molar-refractivity contribution in [3.8, 4) is 0 Å². The van der Waals surface area contributed by atoms with E-state index in [0.29, 0.717) is 38.3 Å². The van der Waals surface area contributed by atoms with Gasteiger partial charge in [0.1, 0.15) is 12.2 Å². The minimum Gasteiger partial charge on any atom is -0.352 e. The van der Waals surface area contributed by atoms with Gasteiger partial charge in [0.15, 0.2) is 0 Å². The van der Waals surface area contributed by atoms with Crippen molar-refractivity contribution in [2.45, 2.75) is 12.6 Å². The van der Waals surface area contributed by atoms with Crippen LogP contribution in [0.25, 0.3) is 0 Å². The Morgan fingerprint density at radius 1 is 1.13 bits per heavy atom. The molecule has 0 N–H and O–H groups in total. The number of aliphatic imine (C=N–C) groups is 1. The van der Waals surface area contributed by atoms with E-state index in [2.05, 4.69) is 15.0 Å². The monoisotopic (exact) mass is 437 g/mol. The summed E-state index contributed by atoms with van der Waals surface area (Å²) in [6, 6.07) is 3.43. The van der Waals surface area contributed by atoms with Crippen LogP contribution in [0.15, 0.2) is 52.2 Å². The number of piperazine rings is 1. The molecule has 0 atom stereocenters. The SMILES string of the molecule is O=C(Cc1ccc(C(F)(F)F)c(Cl)c1)N1CCN(C2=NN3C=NCC=C3C=C2)CC1. The van der Waals surface area contributed by atoms with E-state index in [9.17, 15) is 18.0 Å². The van der Waals surface area contributed by atoms with E-state index < -0.39 is 16.8 Å². The van der Waals surface area contributed by atoms with Gasteiger partial charge in [0, 0.05) is 26.2 Å². The number of benzene rings is 1. The van der Waals surface area contributed by atoms with Crippen LogP contribution in [0.3, 0.4) is 0 Å². The summed E-state index contributed by atoms with van der Waals surface area (Å²) in [6.07, 6.45) is 3.11. The molecule has 0 saturated carbocycles. The van der Waals surface area contributed by atoms with Crippen molar-refractivity contribution in [2.24, 2.45) is 10.1 Å². The maximum absolute atomic E-state index is 12.8. The van der Waals surface area contributed by atoms with E-state index in [1.807, 2.05) is 18.2 Å². The first-order valence-corrected chi connectivity index (χ1v) is 9.83. The number of halogens is 4. The third-order valence-electron chi connectivity index (χ3n) is 5.13. The smallest absolute Gasteiger partial charge is 0.352 e. The van der Waals surface area contributed by atoms with E-state index in [-0.39, 0.29) is 12.3 Å². The molecule has 1 aromatic carbocycles. The van der Waals surface area contributed by atoms with Crippen LogP contribution in [0.1, 0.15) is 11.1 Å². The molecule has 3 aliphatic rings. The maximum Gasteiger partial charge on any atom is 0.417 e. The number of nitrogens with zero attached hydrogens (tertiary/aromatic N) is 5. The number of fused-ring (bicyclic) bond motifs is 1. The molecule has 3 aliphatic heterocycles. The molecule has 3 heterocycles. The zero-order valence-electron chi connectivity index (χ0n) is 15.9. The van der Waals surface area contributed by atoms with Gasteiger partial charge in [0.05, 0.1) is 29.2 Å². The van der Waals surface area contributed by atoms with Gasteiger partial charge in [0.2, 0.25) is 5.91 Å². The fourth-order valence-electron chi connectivity index (χ4n) is 3.50. The fraction of sp³-hybridized carbons (Fsp3) is 0.350. The number of hydrazone groups is 1. The first-order valence-electron chi connectivity index (χ1n) is 9.45. The summed E-state index contributed by atoms with van der Waals surface area (Å²) in [5, 5.41) is 5.90. The topological polar surface area (TPSA) is 51.5 Å². The molecule has 0 spiro atoms. The zero-order valence-corrected chi connectivity index (χ0v) is 16.7. The molecule has 0 unspecified atom stereocenters. The summed E-state index contributed by atoms with van der Waals surface area (Å²) in [7, 11) is 0. The van der Waals surface area contributed by atoms with E-state index in [4.69, 9.17) is 11.6 Å². The zero-order chi connectivity index (χ0) is 21.3. The van der Waals surface area contributed by atoms with Crippen molar-refractivity contribution in [3.63, 3.8) is 0 Å². The average molecular weight is 438 g/mol. The lowest BCUT2D eigenvalue weighted by Crippen LogP contribution is -2.51. The Labute approximate surface area is 176 Å². The maximum atomic E-state index is 12.8. The molecule has 1 aromatic rings. The van der Waals surface area contributed by atoms with E-state index in [1.165, 1.54) is 12.1 Å². The van der Waals surface area contributed by atoms with E-state index in [0.717, 1.165) is 17.6 Å². The van der Waals surface area contributed by atoms with Gasteiger partial charge in [-0.15, -0.1) is 5.10 Å². The minimum atomic E-state index is -4.51. The summed E-state index contributed by atoms with van der Waals surface area (Å²) < 4.78 is 38.5. The molecule has 0 bridgehead atoms. The molecule has 1 amide bonds. The van der Waals surface area contributed by atoms with E-state index >= 15 is 0 Å². The van der Waals surface area contributed by atoms with Crippen LogP contribution in [0.4, 0.5) is 13.2 Å². The number of hydrogen-bond acceptors (Lipinski definition) is 5. The molecule has 0 radical (unpaired) electrons. The first-order chi connectivity index (χ1) is 14.3. The van der Waals surface area contributed by atoms with Crippen LogP contribution >= 0.6 is 11.6 Å². The lowest BCUT2D eigenvalue weighted by atomic mass is 10.1. The third-order valence-corrected chi connectivity index (χ3v) is 5.44. The number of rotatable bonds is 2. The highest BCUT2D eigenvalue weighted by atomic mass is 35.5. The second-order valence-electron chi connectivity index (χ2n) is 7.10. The van der Waals surface area contributed by atoms with Gasteiger partial charge < -0.3 is 9.80 Å². The van der Waals surface area contributed by atoms with Crippen LogP contribution < -0.4 is 0 Å². The molecule has 10 heteroatoms. The summed E-state index contributed by atoms with van der Waals surface area (Å²) in [5.74, 6) is 0.669. The Morgan fingerprint density at radius 3 is 2.60 bits per heavy atom. The number of amidine groups is 1. The number of allylic oxidation sites excluding steroid dienone is 1. The highest BCUT2D eigenvalue weighted by Crippen LogP contribution is 2.35. The molecular formula is C20H19ClF3N5O. The van der Waals surface area contributed by atoms with Crippen LogP contribution in [-0.4, -0.2) is 65.6 Å². The lowest BCUT2D eigenvalue weighted by molar-refractivity contribution is -0.137. The second kappa shape index (κ2) is 8.14. The van der Waals surface area contributed by atoms with Gasteiger partial charge in [-0.05, 0) is 35.9 Å². The van der Waals surface area contributed by atoms with Crippen LogP contribution in [0.2, 0.25) is 5.02 Å². The van der Waals surface area contributed by atoms with Gasteiger partial charge in [-0.2, -0.15) is 13.2 Å². The predicted molar refractivity (Wildman–Crippen MR) is 108 cm³/mol. The number of amides is 1.